The molecule has 1 N–H and O–H groups in total. The number of rotatable bonds is 2. The molecule has 102 valence electrons. The fourth-order valence-corrected chi connectivity index (χ4v) is 3.02. The molecule has 1 fully saturated rings. The van der Waals surface area contributed by atoms with Gasteiger partial charge in [-0.05, 0) is 37.1 Å². The monoisotopic (exact) mass is 268 g/mol. The van der Waals surface area contributed by atoms with Gasteiger partial charge < -0.3 is 9.73 Å². The summed E-state index contributed by atoms with van der Waals surface area (Å²) in [6.45, 7) is 1.08. The van der Waals surface area contributed by atoms with Crippen LogP contribution in [0, 0.1) is 0 Å². The number of hydrogen-bond donors (Lipinski definition) is 1. The Morgan fingerprint density at radius 2 is 2.35 bits per heavy atom. The van der Waals surface area contributed by atoms with E-state index in [-0.39, 0.29) is 0 Å². The minimum absolute atomic E-state index is 0.392. The van der Waals surface area contributed by atoms with Gasteiger partial charge in [0.15, 0.2) is 12.0 Å². The molecule has 5 heteroatoms. The molecule has 1 aliphatic heterocycles. The summed E-state index contributed by atoms with van der Waals surface area (Å²) in [5.41, 5.74) is 5.26. The average Bonchev–Trinajstić information content (AvgIpc) is 3.17. The summed E-state index contributed by atoms with van der Waals surface area (Å²) < 4.78 is 7.37. The zero-order valence-electron chi connectivity index (χ0n) is 11.3. The van der Waals surface area contributed by atoms with E-state index in [9.17, 15) is 0 Å². The average molecular weight is 268 g/mol. The molecule has 0 saturated carbocycles. The Kier molecular flexibility index (Phi) is 2.60. The van der Waals surface area contributed by atoms with Crippen molar-refractivity contribution in [3.05, 3.63) is 36.5 Å². The van der Waals surface area contributed by atoms with Crippen molar-refractivity contribution >= 4 is 11.1 Å². The Labute approximate surface area is 116 Å². The predicted molar refractivity (Wildman–Crippen MR) is 76.2 cm³/mol. The van der Waals surface area contributed by atoms with Gasteiger partial charge in [0.2, 0.25) is 0 Å². The van der Waals surface area contributed by atoms with E-state index in [0.717, 1.165) is 29.6 Å². The van der Waals surface area contributed by atoms with Crippen molar-refractivity contribution in [1.82, 2.24) is 20.1 Å². The predicted octanol–water partition coefficient (Wildman–Crippen LogP) is 2.65. The lowest BCUT2D eigenvalue weighted by Crippen LogP contribution is -2.17. The molecule has 1 unspecified atom stereocenters. The summed E-state index contributed by atoms with van der Waals surface area (Å²) in [6, 6.07) is 6.51. The Hall–Kier alpha value is -2.14. The van der Waals surface area contributed by atoms with Crippen molar-refractivity contribution < 1.29 is 4.42 Å². The second-order valence-electron chi connectivity index (χ2n) is 5.25. The molecule has 0 radical (unpaired) electrons. The van der Waals surface area contributed by atoms with Gasteiger partial charge in [-0.15, -0.1) is 0 Å². The second kappa shape index (κ2) is 4.45. The summed E-state index contributed by atoms with van der Waals surface area (Å²) in [4.78, 5) is 4.16. The maximum Gasteiger partial charge on any atom is 0.181 e. The largest absolute Gasteiger partial charge is 0.443 e. The van der Waals surface area contributed by atoms with E-state index < -0.39 is 0 Å². The fourth-order valence-electron chi connectivity index (χ4n) is 3.02. The molecule has 2 aromatic heterocycles. The van der Waals surface area contributed by atoms with Crippen LogP contribution in [-0.4, -0.2) is 21.3 Å². The number of aromatic nitrogens is 3. The van der Waals surface area contributed by atoms with Crippen molar-refractivity contribution in [2.75, 3.05) is 6.54 Å². The van der Waals surface area contributed by atoms with Gasteiger partial charge in [-0.25, -0.2) is 4.98 Å². The van der Waals surface area contributed by atoms with Gasteiger partial charge in [0.1, 0.15) is 5.52 Å². The van der Waals surface area contributed by atoms with E-state index in [1.54, 1.807) is 0 Å². The zero-order chi connectivity index (χ0) is 13.5. The van der Waals surface area contributed by atoms with Crippen LogP contribution in [0.4, 0.5) is 0 Å². The molecular formula is C15H16N4O. The number of hydrogen-bond acceptors (Lipinski definition) is 4. The highest BCUT2D eigenvalue weighted by atomic mass is 16.3. The van der Waals surface area contributed by atoms with E-state index in [1.807, 2.05) is 30.1 Å². The minimum atomic E-state index is 0.392. The molecule has 20 heavy (non-hydrogen) atoms. The first kappa shape index (κ1) is 11.7. The van der Waals surface area contributed by atoms with Crippen molar-refractivity contribution in [3.63, 3.8) is 0 Å². The Morgan fingerprint density at radius 1 is 1.40 bits per heavy atom. The molecule has 1 saturated heterocycles. The van der Waals surface area contributed by atoms with Gasteiger partial charge in [-0.2, -0.15) is 5.10 Å². The Balaban J connectivity index is 1.84. The van der Waals surface area contributed by atoms with Crippen LogP contribution < -0.4 is 5.32 Å². The van der Waals surface area contributed by atoms with Crippen LogP contribution in [0.1, 0.15) is 24.6 Å². The lowest BCUT2D eigenvalue weighted by molar-refractivity contribution is 0.575. The van der Waals surface area contributed by atoms with Crippen LogP contribution in [0.5, 0.6) is 0 Å². The van der Waals surface area contributed by atoms with Crippen molar-refractivity contribution in [3.8, 4) is 11.1 Å². The first-order chi connectivity index (χ1) is 9.83. The third-order valence-electron chi connectivity index (χ3n) is 4.02. The summed E-state index contributed by atoms with van der Waals surface area (Å²) >= 11 is 0. The van der Waals surface area contributed by atoms with Gasteiger partial charge in [-0.1, -0.05) is 6.07 Å². The summed E-state index contributed by atoms with van der Waals surface area (Å²) in [7, 11) is 2.01. The van der Waals surface area contributed by atoms with Gasteiger partial charge in [0, 0.05) is 18.7 Å². The Morgan fingerprint density at radius 3 is 3.20 bits per heavy atom. The highest BCUT2D eigenvalue weighted by Crippen LogP contribution is 2.33. The van der Waals surface area contributed by atoms with Crippen molar-refractivity contribution in [1.29, 1.82) is 0 Å². The number of fused-ring (bicyclic) bond motifs is 1. The highest BCUT2D eigenvalue weighted by Gasteiger charge is 2.23. The Bertz CT molecular complexity index is 752. The SMILES string of the molecule is Cn1ncc(-c2ccc3ncoc3c2)c1C1CCCN1. The second-order valence-corrected chi connectivity index (χ2v) is 5.25. The summed E-state index contributed by atoms with van der Waals surface area (Å²) in [6.07, 6.45) is 5.80. The lowest BCUT2D eigenvalue weighted by Gasteiger charge is -2.13. The maximum atomic E-state index is 5.40. The topological polar surface area (TPSA) is 55.9 Å². The molecule has 3 heterocycles. The molecule has 1 aromatic carbocycles. The first-order valence-corrected chi connectivity index (χ1v) is 6.92. The normalized spacial score (nSPS) is 18.9. The van der Waals surface area contributed by atoms with E-state index in [0.29, 0.717) is 6.04 Å². The van der Waals surface area contributed by atoms with Crippen LogP contribution in [0.3, 0.4) is 0 Å². The smallest absolute Gasteiger partial charge is 0.181 e. The molecule has 3 aromatic rings. The van der Waals surface area contributed by atoms with Crippen LogP contribution >= 0.6 is 0 Å². The van der Waals surface area contributed by atoms with Crippen molar-refractivity contribution in [2.24, 2.45) is 7.05 Å². The van der Waals surface area contributed by atoms with E-state index in [1.165, 1.54) is 24.1 Å². The molecule has 0 aliphatic carbocycles. The maximum absolute atomic E-state index is 5.40. The number of benzene rings is 1. The van der Waals surface area contributed by atoms with Gasteiger partial charge in [-0.3, -0.25) is 4.68 Å². The minimum Gasteiger partial charge on any atom is -0.443 e. The molecule has 0 amide bonds. The number of nitrogens with one attached hydrogen (secondary N) is 1. The van der Waals surface area contributed by atoms with Crippen LogP contribution in [0.15, 0.2) is 35.2 Å². The lowest BCUT2D eigenvalue weighted by atomic mass is 10.0. The summed E-state index contributed by atoms with van der Waals surface area (Å²) in [5, 5.41) is 7.98. The third-order valence-corrected chi connectivity index (χ3v) is 4.02. The third kappa shape index (κ3) is 1.74. The molecule has 1 atom stereocenters. The molecular weight excluding hydrogens is 252 g/mol. The number of oxazole rings is 1. The molecule has 0 spiro atoms. The highest BCUT2D eigenvalue weighted by molar-refractivity contribution is 5.80. The molecule has 4 rings (SSSR count). The number of aryl methyl sites for hydroxylation is 1. The molecule has 0 bridgehead atoms. The van der Waals surface area contributed by atoms with Crippen LogP contribution in [-0.2, 0) is 7.05 Å². The zero-order valence-corrected chi connectivity index (χ0v) is 11.3. The van der Waals surface area contributed by atoms with E-state index >= 15 is 0 Å². The van der Waals surface area contributed by atoms with Crippen LogP contribution in [0.25, 0.3) is 22.2 Å². The van der Waals surface area contributed by atoms with Crippen molar-refractivity contribution in [2.45, 2.75) is 18.9 Å². The van der Waals surface area contributed by atoms with Gasteiger partial charge in [0.25, 0.3) is 0 Å². The van der Waals surface area contributed by atoms with Gasteiger partial charge in [0.05, 0.1) is 11.9 Å². The first-order valence-electron chi connectivity index (χ1n) is 6.92. The quantitative estimate of drug-likeness (QED) is 0.776. The van der Waals surface area contributed by atoms with E-state index in [2.05, 4.69) is 21.5 Å². The number of nitrogens with zero attached hydrogens (tertiary/aromatic N) is 3. The van der Waals surface area contributed by atoms with Gasteiger partial charge >= 0.3 is 0 Å². The molecule has 5 nitrogen and oxygen atoms in total. The standard InChI is InChI=1S/C15H16N4O/c1-19-15(13-3-2-6-16-13)11(8-18-19)10-4-5-12-14(7-10)20-9-17-12/h4-5,7-9,13,16H,2-3,6H2,1H3. The van der Waals surface area contributed by atoms with Crippen LogP contribution in [0.2, 0.25) is 0 Å². The van der Waals surface area contributed by atoms with E-state index in [4.69, 9.17) is 4.42 Å². The molecule has 1 aliphatic rings. The fraction of sp³-hybridized carbons (Fsp3) is 0.333. The summed E-state index contributed by atoms with van der Waals surface area (Å²) in [5.74, 6) is 0.